The second-order valence-corrected chi connectivity index (χ2v) is 5.84. The van der Waals surface area contributed by atoms with Gasteiger partial charge in [0.1, 0.15) is 6.07 Å². The van der Waals surface area contributed by atoms with Crippen molar-refractivity contribution in [1.29, 1.82) is 5.26 Å². The van der Waals surface area contributed by atoms with Crippen LogP contribution in [-0.4, -0.2) is 19.0 Å². The Kier molecular flexibility index (Phi) is 4.96. The highest BCUT2D eigenvalue weighted by molar-refractivity contribution is 7.81. The molecule has 1 aromatic heterocycles. The third-order valence-corrected chi connectivity index (χ3v) is 4.27. The fourth-order valence-electron chi connectivity index (χ4n) is 2.81. The van der Waals surface area contributed by atoms with Crippen LogP contribution in [0.25, 0.3) is 0 Å². The van der Waals surface area contributed by atoms with Crippen LogP contribution in [0, 0.1) is 11.3 Å². The van der Waals surface area contributed by atoms with Crippen LogP contribution in [-0.2, 0) is 0 Å². The lowest BCUT2D eigenvalue weighted by molar-refractivity contribution is 0.0996. The van der Waals surface area contributed by atoms with Gasteiger partial charge in [0.15, 0.2) is 5.76 Å². The normalized spacial score (nSPS) is 14.1. The van der Waals surface area contributed by atoms with Crippen molar-refractivity contribution in [2.75, 3.05) is 28.0 Å². The van der Waals surface area contributed by atoms with Crippen molar-refractivity contribution in [3.05, 3.63) is 41.9 Å². The van der Waals surface area contributed by atoms with Crippen LogP contribution in [0.5, 0.6) is 0 Å². The summed E-state index contributed by atoms with van der Waals surface area (Å²) in [6, 6.07) is 10.5. The highest BCUT2D eigenvalue weighted by Crippen LogP contribution is 2.32. The smallest absolute Gasteiger partial charge is 0.291 e. The molecule has 2 aromatic rings. The van der Waals surface area contributed by atoms with E-state index >= 15 is 0 Å². The van der Waals surface area contributed by atoms with Gasteiger partial charge in [-0.3, -0.25) is 4.79 Å². The van der Waals surface area contributed by atoms with Gasteiger partial charge in [-0.15, -0.1) is 0 Å². The minimum Gasteiger partial charge on any atom is -0.440 e. The van der Waals surface area contributed by atoms with Crippen molar-refractivity contribution < 1.29 is 9.21 Å². The van der Waals surface area contributed by atoms with E-state index < -0.39 is 0 Å². The molecule has 1 aliphatic rings. The lowest BCUT2D eigenvalue weighted by Crippen LogP contribution is -2.30. The largest absolute Gasteiger partial charge is 0.440 e. The Morgan fingerprint density at radius 1 is 1.21 bits per heavy atom. The van der Waals surface area contributed by atoms with E-state index in [0.717, 1.165) is 37.3 Å². The molecule has 124 valence electrons. The average molecular weight is 342 g/mol. The zero-order valence-corrected chi connectivity index (χ0v) is 14.0. The lowest BCUT2D eigenvalue weighted by atomic mass is 10.1. The van der Waals surface area contributed by atoms with Crippen LogP contribution in [0.3, 0.4) is 0 Å². The Balaban J connectivity index is 1.86. The quantitative estimate of drug-likeness (QED) is 0.739. The topological polar surface area (TPSA) is 81.3 Å². The van der Waals surface area contributed by atoms with Gasteiger partial charge in [0.2, 0.25) is 5.76 Å². The zero-order valence-electron chi connectivity index (χ0n) is 13.1. The van der Waals surface area contributed by atoms with Gasteiger partial charge >= 0.3 is 0 Å². The Bertz CT molecular complexity index is 775. The van der Waals surface area contributed by atoms with Crippen LogP contribution in [0.4, 0.5) is 17.1 Å². The number of hydrogen-bond donors (Lipinski definition) is 3. The number of carbonyl (C=O) groups is 1. The van der Waals surface area contributed by atoms with Crippen LogP contribution in [0.1, 0.15) is 35.6 Å². The summed E-state index contributed by atoms with van der Waals surface area (Å²) in [7, 11) is 0. The van der Waals surface area contributed by atoms with Gasteiger partial charge in [-0.05, 0) is 49.6 Å². The summed E-state index contributed by atoms with van der Waals surface area (Å²) in [5, 5.41) is 11.7. The summed E-state index contributed by atoms with van der Waals surface area (Å²) in [6.45, 7) is 1.91. The molecule has 7 heteroatoms. The molecule has 3 rings (SSSR count). The Hall–Kier alpha value is -2.59. The zero-order chi connectivity index (χ0) is 16.9. The number of nitriles is 1. The van der Waals surface area contributed by atoms with E-state index in [9.17, 15) is 4.79 Å². The fraction of sp³-hybridized carbons (Fsp3) is 0.294. The standard InChI is InChI=1S/C17H18N4O2S/c18-11-13-5-7-16(23-13)17(22)19-14-6-4-12(20-24)10-15(14)21-8-2-1-3-9-21/h4-7,10,20,24H,1-3,8-9H2,(H,19,22). The fourth-order valence-corrected chi connectivity index (χ4v) is 2.95. The molecule has 1 aliphatic heterocycles. The number of thiol groups is 1. The highest BCUT2D eigenvalue weighted by atomic mass is 32.1. The van der Waals surface area contributed by atoms with Crippen molar-refractivity contribution in [3.63, 3.8) is 0 Å². The molecule has 1 saturated heterocycles. The van der Waals surface area contributed by atoms with E-state index in [2.05, 4.69) is 27.8 Å². The van der Waals surface area contributed by atoms with Gasteiger partial charge in [0, 0.05) is 18.8 Å². The molecule has 1 amide bonds. The maximum atomic E-state index is 12.4. The van der Waals surface area contributed by atoms with Gasteiger partial charge < -0.3 is 19.4 Å². The van der Waals surface area contributed by atoms with Crippen LogP contribution >= 0.6 is 12.8 Å². The molecule has 0 atom stereocenters. The summed E-state index contributed by atoms with van der Waals surface area (Å²) >= 11 is 4.09. The SMILES string of the molecule is N#Cc1ccc(C(=O)Nc2ccc(NS)cc2N2CCCCC2)o1. The molecular formula is C17H18N4O2S. The van der Waals surface area contributed by atoms with E-state index in [0.29, 0.717) is 5.69 Å². The first kappa shape index (κ1) is 16.3. The minimum absolute atomic E-state index is 0.117. The van der Waals surface area contributed by atoms with Crippen molar-refractivity contribution in [2.24, 2.45) is 0 Å². The molecule has 6 nitrogen and oxygen atoms in total. The number of anilines is 3. The Labute approximate surface area is 146 Å². The third-order valence-electron chi connectivity index (χ3n) is 4.01. The number of furan rings is 1. The van der Waals surface area contributed by atoms with Crippen LogP contribution in [0.15, 0.2) is 34.7 Å². The molecule has 0 aliphatic carbocycles. The number of nitrogens with zero attached hydrogens (tertiary/aromatic N) is 2. The monoisotopic (exact) mass is 342 g/mol. The van der Waals surface area contributed by atoms with Crippen molar-refractivity contribution in [3.8, 4) is 6.07 Å². The van der Waals surface area contributed by atoms with E-state index in [1.807, 2.05) is 24.3 Å². The van der Waals surface area contributed by atoms with Gasteiger partial charge in [0.05, 0.1) is 11.4 Å². The lowest BCUT2D eigenvalue weighted by Gasteiger charge is -2.31. The number of nitrogens with one attached hydrogen (secondary N) is 2. The number of rotatable bonds is 4. The number of piperidine rings is 1. The van der Waals surface area contributed by atoms with Crippen LogP contribution in [0.2, 0.25) is 0 Å². The molecule has 0 bridgehead atoms. The number of amides is 1. The predicted molar refractivity (Wildman–Crippen MR) is 96.5 cm³/mol. The molecule has 2 heterocycles. The maximum absolute atomic E-state index is 12.4. The van der Waals surface area contributed by atoms with Crippen molar-refractivity contribution >= 4 is 35.8 Å². The third kappa shape index (κ3) is 3.49. The first-order chi connectivity index (χ1) is 11.7. The second kappa shape index (κ2) is 7.32. The first-order valence-corrected chi connectivity index (χ1v) is 8.26. The molecule has 0 spiro atoms. The van der Waals surface area contributed by atoms with Crippen molar-refractivity contribution in [2.45, 2.75) is 19.3 Å². The number of hydrogen-bond acceptors (Lipinski definition) is 6. The molecule has 1 fully saturated rings. The number of benzene rings is 1. The van der Waals surface area contributed by atoms with E-state index in [4.69, 9.17) is 9.68 Å². The minimum atomic E-state index is -0.374. The Morgan fingerprint density at radius 3 is 2.67 bits per heavy atom. The van der Waals surface area contributed by atoms with E-state index in [1.54, 1.807) is 0 Å². The summed E-state index contributed by atoms with van der Waals surface area (Å²) in [4.78, 5) is 14.6. The predicted octanol–water partition coefficient (Wildman–Crippen LogP) is 3.65. The molecule has 0 unspecified atom stereocenters. The van der Waals surface area contributed by atoms with E-state index in [-0.39, 0.29) is 17.4 Å². The molecular weight excluding hydrogens is 324 g/mol. The van der Waals surface area contributed by atoms with Crippen LogP contribution < -0.4 is 14.9 Å². The molecule has 24 heavy (non-hydrogen) atoms. The molecule has 0 saturated carbocycles. The summed E-state index contributed by atoms with van der Waals surface area (Å²) in [5.74, 6) is -0.139. The first-order valence-electron chi connectivity index (χ1n) is 7.81. The Morgan fingerprint density at radius 2 is 2.00 bits per heavy atom. The maximum Gasteiger partial charge on any atom is 0.291 e. The average Bonchev–Trinajstić information content (AvgIpc) is 3.12. The molecule has 0 radical (unpaired) electrons. The van der Waals surface area contributed by atoms with E-state index in [1.165, 1.54) is 18.6 Å². The number of carbonyl (C=O) groups excluding carboxylic acids is 1. The summed E-state index contributed by atoms with van der Waals surface area (Å²) in [5.41, 5.74) is 2.53. The van der Waals surface area contributed by atoms with Gasteiger partial charge in [-0.25, -0.2) is 0 Å². The second-order valence-electron chi connectivity index (χ2n) is 5.62. The van der Waals surface area contributed by atoms with Gasteiger partial charge in [-0.1, -0.05) is 12.8 Å². The molecule has 2 N–H and O–H groups in total. The summed E-state index contributed by atoms with van der Waals surface area (Å²) in [6.07, 6.45) is 3.50. The van der Waals surface area contributed by atoms with Crippen molar-refractivity contribution in [1.82, 2.24) is 0 Å². The van der Waals surface area contributed by atoms with Gasteiger partial charge in [0.25, 0.3) is 5.91 Å². The summed E-state index contributed by atoms with van der Waals surface area (Å²) < 4.78 is 8.02. The highest BCUT2D eigenvalue weighted by Gasteiger charge is 2.18. The van der Waals surface area contributed by atoms with Gasteiger partial charge in [-0.2, -0.15) is 5.26 Å². The molecule has 1 aromatic carbocycles.